The van der Waals surface area contributed by atoms with Crippen molar-refractivity contribution in [1.82, 2.24) is 9.60 Å². The number of aryl methyl sites for hydroxylation is 1. The zero-order valence-electron chi connectivity index (χ0n) is 17.9. The molecule has 2 aromatic carbocycles. The number of nitrogens with zero attached hydrogens (tertiary/aromatic N) is 2. The fraction of sp³-hybridized carbons (Fsp3) is 0.400. The van der Waals surface area contributed by atoms with E-state index in [1.807, 2.05) is 18.2 Å². The smallest absolute Gasteiger partial charge is 0.255 e. The van der Waals surface area contributed by atoms with Gasteiger partial charge in [0.2, 0.25) is 0 Å². The van der Waals surface area contributed by atoms with Crippen LogP contribution in [0.4, 0.5) is 11.4 Å². The van der Waals surface area contributed by atoms with Crippen LogP contribution in [0.15, 0.2) is 53.1 Å². The fourth-order valence-corrected chi connectivity index (χ4v) is 5.35. The molecule has 0 spiro atoms. The molecule has 1 aromatic heterocycles. The van der Waals surface area contributed by atoms with Gasteiger partial charge in [-0.15, -0.1) is 5.01 Å². The second kappa shape index (κ2) is 7.56. The first-order valence-corrected chi connectivity index (χ1v) is 11.1. The Labute approximate surface area is 177 Å². The summed E-state index contributed by atoms with van der Waals surface area (Å²) in [6.45, 7) is 7.99. The van der Waals surface area contributed by atoms with E-state index in [1.54, 1.807) is 12.3 Å². The largest absolute Gasteiger partial charge is 0.464 e. The van der Waals surface area contributed by atoms with Crippen molar-refractivity contribution < 1.29 is 9.21 Å². The summed E-state index contributed by atoms with van der Waals surface area (Å²) >= 11 is 0. The average Bonchev–Trinajstić information content (AvgIpc) is 3.49. The second-order valence-electron chi connectivity index (χ2n) is 8.86. The zero-order valence-corrected chi connectivity index (χ0v) is 17.9. The van der Waals surface area contributed by atoms with Gasteiger partial charge >= 0.3 is 0 Å². The monoisotopic (exact) mass is 404 g/mol. The van der Waals surface area contributed by atoms with E-state index in [9.17, 15) is 4.79 Å². The first kappa shape index (κ1) is 19.3. The molecule has 0 unspecified atom stereocenters. The van der Waals surface area contributed by atoms with Crippen molar-refractivity contribution in [3.8, 4) is 0 Å². The topological polar surface area (TPSA) is 45.5 Å². The Morgan fingerprint density at radius 2 is 1.93 bits per heavy atom. The molecule has 3 heterocycles. The van der Waals surface area contributed by atoms with Crippen LogP contribution < -0.4 is 9.91 Å². The Morgan fingerprint density at radius 3 is 2.67 bits per heavy atom. The van der Waals surface area contributed by atoms with Crippen LogP contribution in [0.5, 0.6) is 0 Å². The van der Waals surface area contributed by atoms with Crippen molar-refractivity contribution in [3.63, 3.8) is 0 Å². The van der Waals surface area contributed by atoms with E-state index in [1.165, 1.54) is 51.0 Å². The van der Waals surface area contributed by atoms with Gasteiger partial charge in [0.1, 0.15) is 18.7 Å². The van der Waals surface area contributed by atoms with Crippen molar-refractivity contribution >= 4 is 28.3 Å². The highest BCUT2D eigenvalue weighted by molar-refractivity contribution is 6.06. The number of anilines is 1. The van der Waals surface area contributed by atoms with Crippen LogP contribution in [0.25, 0.3) is 11.0 Å². The normalized spacial score (nSPS) is 21.3. The summed E-state index contributed by atoms with van der Waals surface area (Å²) in [5, 5.41) is 6.79. The van der Waals surface area contributed by atoms with E-state index in [2.05, 4.69) is 42.4 Å². The van der Waals surface area contributed by atoms with Gasteiger partial charge in [0, 0.05) is 48.2 Å². The van der Waals surface area contributed by atoms with E-state index in [0.717, 1.165) is 26.8 Å². The first-order valence-electron chi connectivity index (χ1n) is 11.1. The molecule has 0 saturated carbocycles. The molecule has 156 valence electrons. The standard InChI is InChI=1S/C25H29N3O2/c1-18-16-22(28(13-3-4-14-28)27-12-5-6-19(27)2)9-10-23(18)26-25(29)21-8-7-20-11-15-30-24(20)17-21/h7-11,15-17,19H,3-6,12-14H2,1-2H3/p+1/t19-/m0/s1. The van der Waals surface area contributed by atoms with Crippen LogP contribution >= 0.6 is 0 Å². The number of rotatable bonds is 4. The number of hydrogen-bond donors (Lipinski definition) is 1. The number of furan rings is 1. The van der Waals surface area contributed by atoms with Crippen LogP contribution in [0.1, 0.15) is 48.5 Å². The lowest BCUT2D eigenvalue weighted by Crippen LogP contribution is -2.61. The molecule has 5 rings (SSSR count). The molecule has 0 bridgehead atoms. The minimum absolute atomic E-state index is 0.109. The minimum Gasteiger partial charge on any atom is -0.464 e. The van der Waals surface area contributed by atoms with Crippen LogP contribution in [0, 0.1) is 6.92 Å². The number of carbonyl (C=O) groups excluding carboxylic acids is 1. The minimum atomic E-state index is -0.109. The number of hydrogen-bond acceptors (Lipinski definition) is 3. The Hall–Kier alpha value is -2.63. The summed E-state index contributed by atoms with van der Waals surface area (Å²) in [6, 6.07) is 14.7. The van der Waals surface area contributed by atoms with Gasteiger partial charge in [-0.1, -0.05) is 6.07 Å². The number of fused-ring (bicyclic) bond motifs is 1. The number of benzene rings is 2. The predicted molar refractivity (Wildman–Crippen MR) is 122 cm³/mol. The molecule has 30 heavy (non-hydrogen) atoms. The average molecular weight is 405 g/mol. The molecule has 2 aliphatic rings. The highest BCUT2D eigenvalue weighted by atomic mass is 16.3. The van der Waals surface area contributed by atoms with Gasteiger partial charge in [-0.25, -0.2) is 4.59 Å². The van der Waals surface area contributed by atoms with Gasteiger partial charge < -0.3 is 9.73 Å². The highest BCUT2D eigenvalue weighted by Crippen LogP contribution is 2.38. The first-order chi connectivity index (χ1) is 14.6. The third-order valence-corrected chi connectivity index (χ3v) is 6.97. The third-order valence-electron chi connectivity index (χ3n) is 6.97. The SMILES string of the molecule is Cc1cc([N+]2(N3CCC[C@@H]3C)CCCC2)ccc1NC(=O)c1ccc2ccoc2c1. The summed E-state index contributed by atoms with van der Waals surface area (Å²) in [7, 11) is 0. The highest BCUT2D eigenvalue weighted by Gasteiger charge is 2.45. The Morgan fingerprint density at radius 1 is 1.10 bits per heavy atom. The predicted octanol–water partition coefficient (Wildman–Crippen LogP) is 5.49. The zero-order chi connectivity index (χ0) is 20.7. The number of carbonyl (C=O) groups is 1. The fourth-order valence-electron chi connectivity index (χ4n) is 5.35. The third kappa shape index (κ3) is 3.22. The van der Waals surface area contributed by atoms with Crippen molar-refractivity contribution in [2.75, 3.05) is 25.0 Å². The molecule has 0 aliphatic carbocycles. The molecule has 1 N–H and O–H groups in total. The van der Waals surface area contributed by atoms with Crippen LogP contribution in [0.3, 0.4) is 0 Å². The maximum atomic E-state index is 12.8. The summed E-state index contributed by atoms with van der Waals surface area (Å²) in [5.74, 6) is -0.109. The number of quaternary nitrogens is 1. The van der Waals surface area contributed by atoms with Gasteiger partial charge in [0.15, 0.2) is 5.69 Å². The van der Waals surface area contributed by atoms with Crippen LogP contribution in [-0.2, 0) is 0 Å². The lowest BCUT2D eigenvalue weighted by molar-refractivity contribution is -0.00237. The van der Waals surface area contributed by atoms with E-state index >= 15 is 0 Å². The van der Waals surface area contributed by atoms with Crippen LogP contribution in [0.2, 0.25) is 0 Å². The van der Waals surface area contributed by atoms with E-state index in [4.69, 9.17) is 4.42 Å². The van der Waals surface area contributed by atoms with Gasteiger partial charge in [0.05, 0.1) is 12.3 Å². The molecule has 2 aliphatic heterocycles. The summed E-state index contributed by atoms with van der Waals surface area (Å²) < 4.78 is 6.41. The molecular weight excluding hydrogens is 374 g/mol. The van der Waals surface area contributed by atoms with Gasteiger partial charge in [-0.3, -0.25) is 4.79 Å². The van der Waals surface area contributed by atoms with E-state index in [0.29, 0.717) is 11.6 Å². The van der Waals surface area contributed by atoms with Gasteiger partial charge in [-0.2, -0.15) is 0 Å². The molecule has 5 nitrogen and oxygen atoms in total. The molecule has 1 atom stereocenters. The maximum Gasteiger partial charge on any atom is 0.255 e. The summed E-state index contributed by atoms with van der Waals surface area (Å²) in [6.07, 6.45) is 6.76. The molecule has 2 fully saturated rings. The van der Waals surface area contributed by atoms with Gasteiger partial charge in [0.25, 0.3) is 5.91 Å². The maximum absolute atomic E-state index is 12.8. The number of amides is 1. The molecule has 3 aromatic rings. The van der Waals surface area contributed by atoms with Gasteiger partial charge in [-0.05, 0) is 56.5 Å². The van der Waals surface area contributed by atoms with Crippen molar-refractivity contribution in [2.24, 2.45) is 0 Å². The number of nitrogens with one attached hydrogen (secondary N) is 1. The van der Waals surface area contributed by atoms with E-state index < -0.39 is 0 Å². The molecule has 0 radical (unpaired) electrons. The second-order valence-corrected chi connectivity index (χ2v) is 8.86. The molecule has 1 amide bonds. The van der Waals surface area contributed by atoms with E-state index in [-0.39, 0.29) is 5.91 Å². The lowest BCUT2D eigenvalue weighted by atomic mass is 10.1. The quantitative estimate of drug-likeness (QED) is 0.585. The Bertz CT molecular complexity index is 1080. The molecule has 2 saturated heterocycles. The summed E-state index contributed by atoms with van der Waals surface area (Å²) in [5.41, 5.74) is 4.67. The lowest BCUT2D eigenvalue weighted by Gasteiger charge is -2.43. The molecule has 5 heteroatoms. The Kier molecular flexibility index (Phi) is 4.88. The van der Waals surface area contributed by atoms with Crippen molar-refractivity contribution in [3.05, 3.63) is 59.9 Å². The van der Waals surface area contributed by atoms with Crippen LogP contribution in [-0.4, -0.2) is 36.6 Å². The van der Waals surface area contributed by atoms with Crippen molar-refractivity contribution in [2.45, 2.75) is 45.6 Å². The van der Waals surface area contributed by atoms with Crippen molar-refractivity contribution in [1.29, 1.82) is 0 Å². The summed E-state index contributed by atoms with van der Waals surface area (Å²) in [4.78, 5) is 12.8. The molecular formula is C25H30N3O2+. The Balaban J connectivity index is 1.40.